The predicted octanol–water partition coefficient (Wildman–Crippen LogP) is 1.14. The molecule has 0 saturated carbocycles. The lowest BCUT2D eigenvalue weighted by molar-refractivity contribution is -0.122. The first kappa shape index (κ1) is 14.8. The Bertz CT molecular complexity index is 583. The number of para-hydroxylation sites is 1. The summed E-state index contributed by atoms with van der Waals surface area (Å²) < 4.78 is 27.9. The van der Waals surface area contributed by atoms with Crippen LogP contribution in [0, 0.1) is 5.92 Å². The largest absolute Gasteiger partial charge is 0.496 e. The highest BCUT2D eigenvalue weighted by atomic mass is 32.2. The fourth-order valence-corrected chi connectivity index (χ4v) is 4.27. The van der Waals surface area contributed by atoms with Crippen LogP contribution >= 0.6 is 0 Å². The smallest absolute Gasteiger partial charge is 0.220 e. The third-order valence-electron chi connectivity index (χ3n) is 3.47. The molecule has 1 atom stereocenters. The minimum absolute atomic E-state index is 0.0438. The number of rotatable bonds is 5. The van der Waals surface area contributed by atoms with Crippen molar-refractivity contribution in [2.45, 2.75) is 19.4 Å². The summed E-state index contributed by atoms with van der Waals surface area (Å²) in [5.74, 6) is 0.916. The van der Waals surface area contributed by atoms with E-state index in [1.165, 1.54) is 0 Å². The van der Waals surface area contributed by atoms with Crippen LogP contribution in [0.25, 0.3) is 0 Å². The summed E-state index contributed by atoms with van der Waals surface area (Å²) in [6, 6.07) is 7.48. The molecule has 110 valence electrons. The average Bonchev–Trinajstić information content (AvgIpc) is 2.76. The summed E-state index contributed by atoms with van der Waals surface area (Å²) in [5, 5.41) is 2.81. The molecule has 1 fully saturated rings. The SMILES string of the molecule is COc1ccccc1CNC(=O)C[C@@H]1CCS(=O)(=O)C1. The van der Waals surface area contributed by atoms with Crippen molar-refractivity contribution in [2.24, 2.45) is 5.92 Å². The monoisotopic (exact) mass is 297 g/mol. The van der Waals surface area contributed by atoms with Crippen LogP contribution < -0.4 is 10.1 Å². The molecule has 2 rings (SSSR count). The number of carbonyl (C=O) groups is 1. The van der Waals surface area contributed by atoms with Crippen molar-refractivity contribution in [1.29, 1.82) is 0 Å². The molecule has 1 aromatic carbocycles. The Labute approximate surface area is 119 Å². The van der Waals surface area contributed by atoms with Crippen molar-refractivity contribution in [2.75, 3.05) is 18.6 Å². The molecule has 0 aromatic heterocycles. The van der Waals surface area contributed by atoms with E-state index in [1.807, 2.05) is 24.3 Å². The van der Waals surface area contributed by atoms with Gasteiger partial charge in [0, 0.05) is 18.5 Å². The van der Waals surface area contributed by atoms with Crippen LogP contribution in [-0.2, 0) is 21.2 Å². The maximum absolute atomic E-state index is 11.8. The zero-order valence-electron chi connectivity index (χ0n) is 11.5. The summed E-state index contributed by atoms with van der Waals surface area (Å²) >= 11 is 0. The highest BCUT2D eigenvalue weighted by Crippen LogP contribution is 2.22. The van der Waals surface area contributed by atoms with Gasteiger partial charge in [0.15, 0.2) is 9.84 Å². The van der Waals surface area contributed by atoms with Gasteiger partial charge in [0.05, 0.1) is 18.6 Å². The van der Waals surface area contributed by atoms with E-state index < -0.39 is 9.84 Å². The molecule has 1 aliphatic rings. The van der Waals surface area contributed by atoms with Gasteiger partial charge >= 0.3 is 0 Å². The second-order valence-electron chi connectivity index (χ2n) is 5.06. The summed E-state index contributed by atoms with van der Waals surface area (Å²) in [5.41, 5.74) is 0.905. The lowest BCUT2D eigenvalue weighted by atomic mass is 10.0. The third kappa shape index (κ3) is 3.96. The van der Waals surface area contributed by atoms with Crippen LogP contribution in [-0.4, -0.2) is 32.9 Å². The van der Waals surface area contributed by atoms with Crippen molar-refractivity contribution in [3.8, 4) is 5.75 Å². The average molecular weight is 297 g/mol. The van der Waals surface area contributed by atoms with Gasteiger partial charge in [-0.05, 0) is 18.4 Å². The molecule has 0 radical (unpaired) electrons. The van der Waals surface area contributed by atoms with Gasteiger partial charge in [0.25, 0.3) is 0 Å². The van der Waals surface area contributed by atoms with Crippen molar-refractivity contribution < 1.29 is 17.9 Å². The second kappa shape index (κ2) is 6.26. The van der Waals surface area contributed by atoms with Crippen molar-refractivity contribution >= 4 is 15.7 Å². The minimum Gasteiger partial charge on any atom is -0.496 e. The lowest BCUT2D eigenvalue weighted by Crippen LogP contribution is -2.25. The summed E-state index contributed by atoms with van der Waals surface area (Å²) in [6.07, 6.45) is 0.860. The number of nitrogens with one attached hydrogen (secondary N) is 1. The van der Waals surface area contributed by atoms with Crippen LogP contribution in [0.3, 0.4) is 0 Å². The van der Waals surface area contributed by atoms with Crippen LogP contribution in [0.4, 0.5) is 0 Å². The number of hydrogen-bond donors (Lipinski definition) is 1. The van der Waals surface area contributed by atoms with E-state index in [0.717, 1.165) is 11.3 Å². The molecule has 1 aromatic rings. The predicted molar refractivity (Wildman–Crippen MR) is 76.2 cm³/mol. The van der Waals surface area contributed by atoms with Gasteiger partial charge in [-0.2, -0.15) is 0 Å². The molecule has 1 amide bonds. The first-order valence-electron chi connectivity index (χ1n) is 6.59. The number of ether oxygens (including phenoxy) is 1. The van der Waals surface area contributed by atoms with E-state index in [-0.39, 0.29) is 29.8 Å². The Balaban J connectivity index is 1.84. The Kier molecular flexibility index (Phi) is 4.65. The Hall–Kier alpha value is -1.56. The molecule has 0 spiro atoms. The summed E-state index contributed by atoms with van der Waals surface area (Å²) in [4.78, 5) is 11.8. The number of amides is 1. The molecule has 1 N–H and O–H groups in total. The molecule has 0 bridgehead atoms. The lowest BCUT2D eigenvalue weighted by Gasteiger charge is -2.11. The second-order valence-corrected chi connectivity index (χ2v) is 7.29. The summed E-state index contributed by atoms with van der Waals surface area (Å²) in [6.45, 7) is 0.391. The van der Waals surface area contributed by atoms with Gasteiger partial charge in [-0.15, -0.1) is 0 Å². The van der Waals surface area contributed by atoms with Crippen molar-refractivity contribution in [3.05, 3.63) is 29.8 Å². The normalized spacial score (nSPS) is 20.6. The number of hydrogen-bond acceptors (Lipinski definition) is 4. The van der Waals surface area contributed by atoms with Gasteiger partial charge in [-0.25, -0.2) is 8.42 Å². The van der Waals surface area contributed by atoms with E-state index in [1.54, 1.807) is 7.11 Å². The van der Waals surface area contributed by atoms with E-state index in [4.69, 9.17) is 4.74 Å². The maximum atomic E-state index is 11.8. The molecular weight excluding hydrogens is 278 g/mol. The number of carbonyl (C=O) groups excluding carboxylic acids is 1. The molecule has 1 heterocycles. The van der Waals surface area contributed by atoms with E-state index in [9.17, 15) is 13.2 Å². The highest BCUT2D eigenvalue weighted by molar-refractivity contribution is 7.91. The van der Waals surface area contributed by atoms with Crippen LogP contribution in [0.5, 0.6) is 5.75 Å². The fourth-order valence-electron chi connectivity index (χ4n) is 2.41. The highest BCUT2D eigenvalue weighted by Gasteiger charge is 2.29. The molecule has 0 unspecified atom stereocenters. The topological polar surface area (TPSA) is 72.5 Å². The van der Waals surface area contributed by atoms with Crippen molar-refractivity contribution in [1.82, 2.24) is 5.32 Å². The van der Waals surface area contributed by atoms with Gasteiger partial charge < -0.3 is 10.1 Å². The van der Waals surface area contributed by atoms with Crippen LogP contribution in [0.15, 0.2) is 24.3 Å². The third-order valence-corrected chi connectivity index (χ3v) is 5.31. The first-order valence-corrected chi connectivity index (χ1v) is 8.41. The Morgan fingerprint density at radius 3 is 2.80 bits per heavy atom. The zero-order valence-corrected chi connectivity index (χ0v) is 12.3. The standard InChI is InChI=1S/C14H19NO4S/c1-19-13-5-3-2-4-12(13)9-15-14(16)8-11-6-7-20(17,18)10-11/h2-5,11H,6-10H2,1H3,(H,15,16)/t11-/m0/s1. The Morgan fingerprint density at radius 1 is 1.40 bits per heavy atom. The first-order chi connectivity index (χ1) is 9.50. The quantitative estimate of drug-likeness (QED) is 0.884. The number of methoxy groups -OCH3 is 1. The fraction of sp³-hybridized carbons (Fsp3) is 0.500. The van der Waals surface area contributed by atoms with Gasteiger partial charge in [0.2, 0.25) is 5.91 Å². The van der Waals surface area contributed by atoms with Gasteiger partial charge in [-0.1, -0.05) is 18.2 Å². The molecule has 5 nitrogen and oxygen atoms in total. The molecule has 1 aliphatic heterocycles. The minimum atomic E-state index is -2.92. The number of sulfone groups is 1. The summed E-state index contributed by atoms with van der Waals surface area (Å²) in [7, 11) is -1.33. The van der Waals surface area contributed by atoms with Gasteiger partial charge in [-0.3, -0.25) is 4.79 Å². The molecule has 1 saturated heterocycles. The molecule has 20 heavy (non-hydrogen) atoms. The zero-order chi connectivity index (χ0) is 14.6. The van der Waals surface area contributed by atoms with E-state index in [0.29, 0.717) is 13.0 Å². The molecule has 6 heteroatoms. The van der Waals surface area contributed by atoms with E-state index in [2.05, 4.69) is 5.32 Å². The molecular formula is C14H19NO4S. The number of benzene rings is 1. The van der Waals surface area contributed by atoms with Crippen molar-refractivity contribution in [3.63, 3.8) is 0 Å². The van der Waals surface area contributed by atoms with Gasteiger partial charge in [0.1, 0.15) is 5.75 Å². The van der Waals surface area contributed by atoms with Crippen LogP contribution in [0.2, 0.25) is 0 Å². The maximum Gasteiger partial charge on any atom is 0.220 e. The van der Waals surface area contributed by atoms with Crippen LogP contribution in [0.1, 0.15) is 18.4 Å². The van der Waals surface area contributed by atoms with E-state index >= 15 is 0 Å². The Morgan fingerprint density at radius 2 is 2.15 bits per heavy atom. The molecule has 0 aliphatic carbocycles.